The van der Waals surface area contributed by atoms with Crippen molar-refractivity contribution < 1.29 is 9.84 Å². The minimum absolute atomic E-state index is 0.251. The Morgan fingerprint density at radius 3 is 2.65 bits per heavy atom. The molecule has 3 heteroatoms. The van der Waals surface area contributed by atoms with E-state index in [1.807, 2.05) is 6.07 Å². The third kappa shape index (κ3) is 1.73. The third-order valence-electron chi connectivity index (χ3n) is 6.03. The van der Waals surface area contributed by atoms with Crippen molar-refractivity contribution >= 4 is 22.5 Å². The van der Waals surface area contributed by atoms with Gasteiger partial charge in [-0.3, -0.25) is 0 Å². The van der Waals surface area contributed by atoms with E-state index in [0.717, 1.165) is 11.3 Å². The molecule has 3 nitrogen and oxygen atoms in total. The molecule has 26 heavy (non-hydrogen) atoms. The first-order valence-corrected chi connectivity index (χ1v) is 8.91. The minimum atomic E-state index is -0.608. The van der Waals surface area contributed by atoms with Crippen LogP contribution < -0.4 is 9.64 Å². The average Bonchev–Trinajstić information content (AvgIpc) is 2.80. The van der Waals surface area contributed by atoms with Gasteiger partial charge in [-0.15, -0.1) is 0 Å². The predicted molar refractivity (Wildman–Crippen MR) is 106 cm³/mol. The Balaban J connectivity index is 1.75. The Bertz CT molecular complexity index is 1080. The van der Waals surface area contributed by atoms with Gasteiger partial charge in [-0.25, -0.2) is 0 Å². The summed E-state index contributed by atoms with van der Waals surface area (Å²) in [4.78, 5) is 2.24. The standard InChI is InChI=1S/C23H21NO2/c1-22(2)21-18-7-5-4-6-15(18)8-10-19(21)24(3)23(22)13-12-16-14-17(25)9-11-20(16)26-23/h4-14,25H,1-3H3. The van der Waals surface area contributed by atoms with Gasteiger partial charge in [0.2, 0.25) is 5.72 Å². The fourth-order valence-electron chi connectivity index (χ4n) is 4.65. The van der Waals surface area contributed by atoms with E-state index in [4.69, 9.17) is 4.74 Å². The lowest BCUT2D eigenvalue weighted by Crippen LogP contribution is -2.58. The molecule has 2 heterocycles. The second kappa shape index (κ2) is 4.82. The Labute approximate surface area is 153 Å². The second-order valence-corrected chi connectivity index (χ2v) is 7.72. The number of hydrogen-bond acceptors (Lipinski definition) is 3. The van der Waals surface area contributed by atoms with Gasteiger partial charge in [0, 0.05) is 18.3 Å². The SMILES string of the molecule is CN1c2ccc3ccccc3c2C(C)(C)C12C=Cc1cc(O)ccc1O2. The highest BCUT2D eigenvalue weighted by molar-refractivity contribution is 5.94. The van der Waals surface area contributed by atoms with Gasteiger partial charge in [-0.2, -0.15) is 0 Å². The van der Waals surface area contributed by atoms with Crippen LogP contribution in [0.15, 0.2) is 60.7 Å². The number of benzene rings is 3. The molecule has 5 rings (SSSR count). The summed E-state index contributed by atoms with van der Waals surface area (Å²) in [5, 5.41) is 12.3. The molecule has 0 radical (unpaired) electrons. The van der Waals surface area contributed by atoms with Crippen LogP contribution in [0.3, 0.4) is 0 Å². The summed E-state index contributed by atoms with van der Waals surface area (Å²) >= 11 is 0. The molecule has 0 amide bonds. The van der Waals surface area contributed by atoms with Gasteiger partial charge in [0.15, 0.2) is 0 Å². The zero-order valence-electron chi connectivity index (χ0n) is 15.2. The molecule has 2 aliphatic rings. The fourth-order valence-corrected chi connectivity index (χ4v) is 4.65. The first-order valence-electron chi connectivity index (χ1n) is 8.91. The molecular weight excluding hydrogens is 322 g/mol. The summed E-state index contributed by atoms with van der Waals surface area (Å²) < 4.78 is 6.62. The first-order chi connectivity index (χ1) is 12.4. The number of hydrogen-bond donors (Lipinski definition) is 1. The topological polar surface area (TPSA) is 32.7 Å². The van der Waals surface area contributed by atoms with Crippen LogP contribution in [-0.2, 0) is 5.41 Å². The van der Waals surface area contributed by atoms with Gasteiger partial charge in [0.25, 0.3) is 0 Å². The summed E-state index contributed by atoms with van der Waals surface area (Å²) in [7, 11) is 2.10. The zero-order chi connectivity index (χ0) is 18.1. The minimum Gasteiger partial charge on any atom is -0.508 e. The number of phenolic OH excluding ortho intramolecular Hbond substituents is 1. The molecule has 1 N–H and O–H groups in total. The lowest BCUT2D eigenvalue weighted by molar-refractivity contribution is 0.0586. The van der Waals surface area contributed by atoms with Crippen molar-refractivity contribution in [1.29, 1.82) is 0 Å². The zero-order valence-corrected chi connectivity index (χ0v) is 15.2. The van der Waals surface area contributed by atoms with Crippen molar-refractivity contribution in [2.75, 3.05) is 11.9 Å². The van der Waals surface area contributed by atoms with Gasteiger partial charge in [-0.05, 0) is 66.6 Å². The van der Waals surface area contributed by atoms with Gasteiger partial charge >= 0.3 is 0 Å². The highest BCUT2D eigenvalue weighted by atomic mass is 16.5. The molecule has 0 aliphatic carbocycles. The number of aromatic hydroxyl groups is 1. The Kier molecular flexibility index (Phi) is 2.84. The van der Waals surface area contributed by atoms with Crippen molar-refractivity contribution in [1.82, 2.24) is 0 Å². The molecule has 3 aromatic carbocycles. The molecule has 130 valence electrons. The molecule has 2 aliphatic heterocycles. The fraction of sp³-hybridized carbons (Fsp3) is 0.217. The summed E-state index contributed by atoms with van der Waals surface area (Å²) in [5.41, 5.74) is 2.54. The molecule has 1 spiro atoms. The van der Waals surface area contributed by atoms with E-state index in [0.29, 0.717) is 0 Å². The number of rotatable bonds is 0. The molecule has 1 unspecified atom stereocenters. The van der Waals surface area contributed by atoms with E-state index in [1.165, 1.54) is 22.0 Å². The van der Waals surface area contributed by atoms with E-state index in [-0.39, 0.29) is 11.2 Å². The molecule has 3 aromatic rings. The van der Waals surface area contributed by atoms with Gasteiger partial charge in [0.1, 0.15) is 11.5 Å². The van der Waals surface area contributed by atoms with Crippen molar-refractivity contribution in [2.45, 2.75) is 25.0 Å². The second-order valence-electron chi connectivity index (χ2n) is 7.72. The predicted octanol–water partition coefficient (Wildman–Crippen LogP) is 5.07. The Hall–Kier alpha value is -2.94. The Morgan fingerprint density at radius 1 is 1.00 bits per heavy atom. The highest BCUT2D eigenvalue weighted by Gasteiger charge is 2.58. The monoisotopic (exact) mass is 343 g/mol. The van der Waals surface area contributed by atoms with Crippen LogP contribution in [0.5, 0.6) is 11.5 Å². The van der Waals surface area contributed by atoms with Crippen LogP contribution >= 0.6 is 0 Å². The summed E-state index contributed by atoms with van der Waals surface area (Å²) in [6, 6.07) is 18.2. The van der Waals surface area contributed by atoms with Crippen molar-refractivity contribution in [3.8, 4) is 11.5 Å². The Morgan fingerprint density at radius 2 is 1.81 bits per heavy atom. The largest absolute Gasteiger partial charge is 0.508 e. The summed E-state index contributed by atoms with van der Waals surface area (Å²) in [6.45, 7) is 4.50. The quantitative estimate of drug-likeness (QED) is 0.618. The maximum absolute atomic E-state index is 9.76. The van der Waals surface area contributed by atoms with Gasteiger partial charge < -0.3 is 14.7 Å². The molecule has 0 aromatic heterocycles. The molecule has 0 saturated carbocycles. The van der Waals surface area contributed by atoms with Crippen LogP contribution in [-0.4, -0.2) is 17.9 Å². The maximum Gasteiger partial charge on any atom is 0.211 e. The van der Waals surface area contributed by atoms with Gasteiger partial charge in [-0.1, -0.05) is 30.3 Å². The van der Waals surface area contributed by atoms with Crippen LogP contribution in [0.4, 0.5) is 5.69 Å². The summed E-state index contributed by atoms with van der Waals surface area (Å²) in [6.07, 6.45) is 4.19. The smallest absolute Gasteiger partial charge is 0.211 e. The van der Waals surface area contributed by atoms with E-state index in [9.17, 15) is 5.11 Å². The van der Waals surface area contributed by atoms with Gasteiger partial charge in [0.05, 0.1) is 5.41 Å². The van der Waals surface area contributed by atoms with Crippen LogP contribution in [0.1, 0.15) is 25.0 Å². The van der Waals surface area contributed by atoms with E-state index in [1.54, 1.807) is 12.1 Å². The molecule has 1 atom stereocenters. The number of phenols is 1. The lowest BCUT2D eigenvalue weighted by atomic mass is 9.75. The number of ether oxygens (including phenoxy) is 1. The van der Waals surface area contributed by atoms with Crippen LogP contribution in [0, 0.1) is 0 Å². The maximum atomic E-state index is 9.76. The highest BCUT2D eigenvalue weighted by Crippen LogP contribution is 2.56. The van der Waals surface area contributed by atoms with Crippen LogP contribution in [0.2, 0.25) is 0 Å². The lowest BCUT2D eigenvalue weighted by Gasteiger charge is -2.45. The normalized spacial score (nSPS) is 22.3. The molecular formula is C23H21NO2. The van der Waals surface area contributed by atoms with E-state index >= 15 is 0 Å². The number of anilines is 1. The average molecular weight is 343 g/mol. The number of fused-ring (bicyclic) bond motifs is 4. The van der Waals surface area contributed by atoms with Crippen molar-refractivity contribution in [2.24, 2.45) is 0 Å². The molecule has 0 fully saturated rings. The van der Waals surface area contributed by atoms with Crippen molar-refractivity contribution in [3.63, 3.8) is 0 Å². The third-order valence-corrected chi connectivity index (χ3v) is 6.03. The van der Waals surface area contributed by atoms with E-state index in [2.05, 4.69) is 74.3 Å². The van der Waals surface area contributed by atoms with E-state index < -0.39 is 5.72 Å². The van der Waals surface area contributed by atoms with Crippen LogP contribution in [0.25, 0.3) is 16.8 Å². The molecule has 0 saturated heterocycles. The van der Waals surface area contributed by atoms with Crippen molar-refractivity contribution in [3.05, 3.63) is 71.8 Å². The number of nitrogens with zero attached hydrogens (tertiary/aromatic N) is 1. The molecule has 0 bridgehead atoms. The first kappa shape index (κ1) is 15.3. The summed E-state index contributed by atoms with van der Waals surface area (Å²) in [5.74, 6) is 1.05. The number of likely N-dealkylation sites (N-methyl/N-ethyl adjacent to an activating group) is 1.